The molecule has 4 nitrogen and oxygen atoms in total. The van der Waals surface area contributed by atoms with Gasteiger partial charge in [-0.15, -0.1) is 0 Å². The van der Waals surface area contributed by atoms with Crippen molar-refractivity contribution in [2.45, 2.75) is 25.6 Å². The lowest BCUT2D eigenvalue weighted by atomic mass is 10.2. The molecule has 0 unspecified atom stereocenters. The Morgan fingerprint density at radius 1 is 1.62 bits per heavy atom. The highest BCUT2D eigenvalue weighted by molar-refractivity contribution is 5.69. The van der Waals surface area contributed by atoms with Gasteiger partial charge in [0.1, 0.15) is 0 Å². The van der Waals surface area contributed by atoms with Crippen molar-refractivity contribution in [1.82, 2.24) is 10.6 Å². The number of hydrogen-bond donors (Lipinski definition) is 2. The minimum absolute atomic E-state index is 0.267. The molecule has 0 amide bonds. The van der Waals surface area contributed by atoms with Crippen LogP contribution in [0.5, 0.6) is 0 Å². The molecule has 1 aliphatic rings. The largest absolute Gasteiger partial charge is 0.433 e. The Balaban J connectivity index is 1.97. The number of nitrogens with one attached hydrogen (secondary N) is 2. The van der Waals surface area contributed by atoms with Gasteiger partial charge in [-0.05, 0) is 12.8 Å². The highest BCUT2D eigenvalue weighted by Gasteiger charge is 2.18. The lowest BCUT2D eigenvalue weighted by Gasteiger charge is -2.28. The van der Waals surface area contributed by atoms with E-state index in [0.717, 1.165) is 0 Å². The van der Waals surface area contributed by atoms with Gasteiger partial charge >= 0.3 is 5.97 Å². The number of carbonyl (C=O) groups is 1. The van der Waals surface area contributed by atoms with Crippen LogP contribution in [-0.4, -0.2) is 19.0 Å². The zero-order chi connectivity index (χ0) is 9.52. The molecule has 1 fully saturated rings. The van der Waals surface area contributed by atoms with Gasteiger partial charge in [0.25, 0.3) is 0 Å². The summed E-state index contributed by atoms with van der Waals surface area (Å²) in [5, 5.41) is 5.70. The van der Waals surface area contributed by atoms with E-state index in [4.69, 9.17) is 4.74 Å². The van der Waals surface area contributed by atoms with Gasteiger partial charge in [-0.2, -0.15) is 0 Å². The highest BCUT2D eigenvalue weighted by Crippen LogP contribution is 2.01. The highest BCUT2D eigenvalue weighted by atomic mass is 19.1. The predicted octanol–water partition coefficient (Wildman–Crippen LogP) is 0.617. The number of halogens is 1. The van der Waals surface area contributed by atoms with Crippen LogP contribution in [0.1, 0.15) is 19.3 Å². The predicted molar refractivity (Wildman–Crippen MR) is 45.1 cm³/mol. The standard InChI is InChI=1S/C8H13FN2O2/c9-5-3-1-2-4-7(12)13-8-10-6-11-8/h3,5,8,10-11H,1-2,4,6H2/b5-3-. The molecule has 0 spiro atoms. The van der Waals surface area contributed by atoms with Crippen LogP contribution in [0.4, 0.5) is 4.39 Å². The van der Waals surface area contributed by atoms with Crippen molar-refractivity contribution in [3.05, 3.63) is 12.4 Å². The second-order valence-electron chi connectivity index (χ2n) is 2.71. The number of ether oxygens (including phenoxy) is 1. The molecule has 13 heavy (non-hydrogen) atoms. The zero-order valence-electron chi connectivity index (χ0n) is 7.25. The summed E-state index contributed by atoms with van der Waals surface area (Å²) in [6.45, 7) is 0.669. The van der Waals surface area contributed by atoms with Gasteiger partial charge in [0, 0.05) is 6.42 Å². The first-order chi connectivity index (χ1) is 6.33. The van der Waals surface area contributed by atoms with E-state index < -0.39 is 0 Å². The van der Waals surface area contributed by atoms with E-state index in [1.54, 1.807) is 0 Å². The Kier molecular flexibility index (Phi) is 4.42. The third-order valence-corrected chi connectivity index (χ3v) is 1.66. The average molecular weight is 188 g/mol. The van der Waals surface area contributed by atoms with E-state index in [1.807, 2.05) is 0 Å². The fraction of sp³-hybridized carbons (Fsp3) is 0.625. The van der Waals surface area contributed by atoms with E-state index in [-0.39, 0.29) is 12.3 Å². The minimum Gasteiger partial charge on any atom is -0.433 e. The Labute approximate surface area is 76.1 Å². The molecule has 0 aromatic carbocycles. The van der Waals surface area contributed by atoms with Crippen LogP contribution in [0.2, 0.25) is 0 Å². The van der Waals surface area contributed by atoms with Crippen LogP contribution in [0.15, 0.2) is 12.4 Å². The quantitative estimate of drug-likeness (QED) is 0.490. The number of hydrogen-bond acceptors (Lipinski definition) is 4. The molecule has 1 heterocycles. The zero-order valence-corrected chi connectivity index (χ0v) is 7.25. The molecule has 0 saturated carbocycles. The average Bonchev–Trinajstić information content (AvgIpc) is 2.06. The van der Waals surface area contributed by atoms with Crippen LogP contribution in [0.3, 0.4) is 0 Å². The summed E-state index contributed by atoms with van der Waals surface area (Å²) in [6.07, 6.45) is 3.05. The lowest BCUT2D eigenvalue weighted by Crippen LogP contribution is -2.60. The van der Waals surface area contributed by atoms with Crippen molar-refractivity contribution < 1.29 is 13.9 Å². The summed E-state index contributed by atoms with van der Waals surface area (Å²) in [4.78, 5) is 11.0. The number of rotatable bonds is 5. The van der Waals surface area contributed by atoms with Crippen molar-refractivity contribution in [3.8, 4) is 0 Å². The van der Waals surface area contributed by atoms with E-state index >= 15 is 0 Å². The molecule has 0 aliphatic carbocycles. The van der Waals surface area contributed by atoms with Gasteiger partial charge in [0.2, 0.25) is 6.35 Å². The molecule has 1 saturated heterocycles. The maximum absolute atomic E-state index is 11.5. The Morgan fingerprint density at radius 2 is 2.38 bits per heavy atom. The normalized spacial score (nSPS) is 17.3. The maximum Gasteiger partial charge on any atom is 0.308 e. The number of esters is 1. The van der Waals surface area contributed by atoms with Crippen molar-refractivity contribution in [1.29, 1.82) is 0 Å². The van der Waals surface area contributed by atoms with E-state index in [2.05, 4.69) is 10.6 Å². The molecule has 0 bridgehead atoms. The topological polar surface area (TPSA) is 50.4 Å². The third kappa shape index (κ3) is 4.00. The van der Waals surface area contributed by atoms with Crippen LogP contribution >= 0.6 is 0 Å². The van der Waals surface area contributed by atoms with Crippen molar-refractivity contribution in [3.63, 3.8) is 0 Å². The van der Waals surface area contributed by atoms with Gasteiger partial charge in [0.15, 0.2) is 0 Å². The van der Waals surface area contributed by atoms with E-state index in [9.17, 15) is 9.18 Å². The minimum atomic E-state index is -0.329. The van der Waals surface area contributed by atoms with Gasteiger partial charge in [-0.1, -0.05) is 6.08 Å². The van der Waals surface area contributed by atoms with Crippen molar-refractivity contribution >= 4 is 5.97 Å². The van der Waals surface area contributed by atoms with Gasteiger partial charge in [-0.25, -0.2) is 4.39 Å². The summed E-state index contributed by atoms with van der Waals surface area (Å²) in [5.41, 5.74) is 0. The molecule has 0 aromatic heterocycles. The monoisotopic (exact) mass is 188 g/mol. The van der Waals surface area contributed by atoms with Crippen LogP contribution in [-0.2, 0) is 9.53 Å². The first-order valence-corrected chi connectivity index (χ1v) is 4.24. The first-order valence-electron chi connectivity index (χ1n) is 4.24. The molecular formula is C8H13FN2O2. The van der Waals surface area contributed by atoms with Crippen LogP contribution in [0.25, 0.3) is 0 Å². The molecule has 5 heteroatoms. The molecule has 0 atom stereocenters. The number of unbranched alkanes of at least 4 members (excludes halogenated alkanes) is 1. The smallest absolute Gasteiger partial charge is 0.308 e. The molecule has 1 aliphatic heterocycles. The van der Waals surface area contributed by atoms with Gasteiger partial charge in [-0.3, -0.25) is 15.4 Å². The molecule has 74 valence electrons. The van der Waals surface area contributed by atoms with Crippen LogP contribution in [0, 0.1) is 0 Å². The van der Waals surface area contributed by atoms with Crippen molar-refractivity contribution in [2.24, 2.45) is 0 Å². The number of carbonyl (C=O) groups excluding carboxylic acids is 1. The van der Waals surface area contributed by atoms with Gasteiger partial charge in [0.05, 0.1) is 13.0 Å². The Hall–Kier alpha value is -0.940. The summed E-state index contributed by atoms with van der Waals surface area (Å²) < 4.78 is 16.4. The molecule has 0 radical (unpaired) electrons. The SMILES string of the molecule is O=C(CCC/C=C\F)OC1NCN1. The summed E-state index contributed by atoms with van der Waals surface area (Å²) in [6, 6.07) is 0. The molecular weight excluding hydrogens is 175 g/mol. The van der Waals surface area contributed by atoms with Crippen molar-refractivity contribution in [2.75, 3.05) is 6.67 Å². The molecule has 0 aromatic rings. The Bertz CT molecular complexity index is 193. The number of allylic oxidation sites excluding steroid dienone is 1. The van der Waals surface area contributed by atoms with Gasteiger partial charge < -0.3 is 4.74 Å². The maximum atomic E-state index is 11.5. The second-order valence-corrected chi connectivity index (χ2v) is 2.71. The summed E-state index contributed by atoms with van der Waals surface area (Å²) in [5.74, 6) is -0.267. The van der Waals surface area contributed by atoms with E-state index in [0.29, 0.717) is 32.3 Å². The molecule has 2 N–H and O–H groups in total. The lowest BCUT2D eigenvalue weighted by molar-refractivity contribution is -0.157. The fourth-order valence-corrected chi connectivity index (χ4v) is 0.886. The Morgan fingerprint density at radius 3 is 2.92 bits per heavy atom. The fourth-order valence-electron chi connectivity index (χ4n) is 0.886. The first kappa shape index (κ1) is 10.1. The second kappa shape index (κ2) is 5.66. The molecule has 1 rings (SSSR count). The van der Waals surface area contributed by atoms with E-state index in [1.165, 1.54) is 6.08 Å². The third-order valence-electron chi connectivity index (χ3n) is 1.66. The summed E-state index contributed by atoms with van der Waals surface area (Å²) >= 11 is 0. The summed E-state index contributed by atoms with van der Waals surface area (Å²) in [7, 11) is 0. The van der Waals surface area contributed by atoms with Crippen LogP contribution < -0.4 is 10.6 Å².